The van der Waals surface area contributed by atoms with Gasteiger partial charge >= 0.3 is 0 Å². The van der Waals surface area contributed by atoms with E-state index in [1.165, 1.54) is 32.9 Å². The molecule has 4 rings (SSSR count). The Morgan fingerprint density at radius 2 is 0.944 bits per heavy atom. The van der Waals surface area contributed by atoms with Gasteiger partial charge in [0.15, 0.2) is 0 Å². The van der Waals surface area contributed by atoms with Crippen LogP contribution in [0.4, 0.5) is 11.4 Å². The van der Waals surface area contributed by atoms with Crippen molar-refractivity contribution in [1.29, 1.82) is 0 Å². The zero-order valence-corrected chi connectivity index (χ0v) is 10.0. The molecule has 88 valence electrons. The minimum atomic E-state index is 0.981. The van der Waals surface area contributed by atoms with Gasteiger partial charge in [-0.25, -0.2) is 0 Å². The molecule has 1 aliphatic heterocycles. The average Bonchev–Trinajstić information content (AvgIpc) is 2.48. The first-order chi connectivity index (χ1) is 8.95. The number of benzene rings is 3. The molecule has 0 spiro atoms. The SMILES string of the molecule is c1ccc2c(c1)c1c(c3ccccc32)NCCN1. The molecule has 0 aromatic heterocycles. The monoisotopic (exact) mass is 234 g/mol. The fraction of sp³-hybridized carbons (Fsp3) is 0.125. The summed E-state index contributed by atoms with van der Waals surface area (Å²) >= 11 is 0. The largest absolute Gasteiger partial charge is 0.381 e. The maximum atomic E-state index is 3.54. The van der Waals surface area contributed by atoms with E-state index in [2.05, 4.69) is 59.2 Å². The van der Waals surface area contributed by atoms with Crippen molar-refractivity contribution in [3.8, 4) is 0 Å². The van der Waals surface area contributed by atoms with Gasteiger partial charge in [0.25, 0.3) is 0 Å². The first-order valence-corrected chi connectivity index (χ1v) is 6.36. The summed E-state index contributed by atoms with van der Waals surface area (Å²) < 4.78 is 0. The second kappa shape index (κ2) is 3.64. The Morgan fingerprint density at radius 1 is 0.556 bits per heavy atom. The highest BCUT2D eigenvalue weighted by Gasteiger charge is 2.15. The molecule has 0 saturated heterocycles. The third-order valence-corrected chi connectivity index (χ3v) is 3.66. The lowest BCUT2D eigenvalue weighted by molar-refractivity contribution is 1.06. The van der Waals surface area contributed by atoms with E-state index in [1.807, 2.05) is 0 Å². The van der Waals surface area contributed by atoms with Gasteiger partial charge in [-0.15, -0.1) is 0 Å². The highest BCUT2D eigenvalue weighted by atomic mass is 15.0. The topological polar surface area (TPSA) is 24.1 Å². The molecule has 2 nitrogen and oxygen atoms in total. The predicted molar refractivity (Wildman–Crippen MR) is 78.4 cm³/mol. The molecule has 0 amide bonds. The molecular formula is C16H14N2. The van der Waals surface area contributed by atoms with Crippen molar-refractivity contribution in [3.63, 3.8) is 0 Å². The Labute approximate surface area is 106 Å². The van der Waals surface area contributed by atoms with Crippen LogP contribution in [-0.2, 0) is 0 Å². The zero-order chi connectivity index (χ0) is 11.9. The molecule has 0 radical (unpaired) electrons. The summed E-state index contributed by atoms with van der Waals surface area (Å²) in [5.74, 6) is 0. The van der Waals surface area contributed by atoms with E-state index in [0.717, 1.165) is 13.1 Å². The number of nitrogens with one attached hydrogen (secondary N) is 2. The van der Waals surface area contributed by atoms with Crippen LogP contribution in [0.2, 0.25) is 0 Å². The molecule has 2 heteroatoms. The number of anilines is 2. The maximum absolute atomic E-state index is 3.54. The highest BCUT2D eigenvalue weighted by Crippen LogP contribution is 2.40. The van der Waals surface area contributed by atoms with E-state index in [4.69, 9.17) is 0 Å². The van der Waals surface area contributed by atoms with Crippen LogP contribution in [0.5, 0.6) is 0 Å². The zero-order valence-electron chi connectivity index (χ0n) is 10.0. The van der Waals surface area contributed by atoms with Crippen LogP contribution >= 0.6 is 0 Å². The molecule has 2 N–H and O–H groups in total. The summed E-state index contributed by atoms with van der Waals surface area (Å²) in [5.41, 5.74) is 2.49. The van der Waals surface area contributed by atoms with Crippen LogP contribution in [-0.4, -0.2) is 13.1 Å². The predicted octanol–water partition coefficient (Wildman–Crippen LogP) is 3.83. The second-order valence-corrected chi connectivity index (χ2v) is 4.69. The number of fused-ring (bicyclic) bond motifs is 6. The summed E-state index contributed by atoms with van der Waals surface area (Å²) in [6, 6.07) is 17.2. The quantitative estimate of drug-likeness (QED) is 0.578. The standard InChI is InChI=1S/C16H14N2/c1-3-7-13-11(5-1)12-6-2-4-8-14(12)16-15(13)17-9-10-18-16/h1-8,17-18H,9-10H2. The molecule has 3 aromatic carbocycles. The lowest BCUT2D eigenvalue weighted by atomic mass is 9.97. The van der Waals surface area contributed by atoms with Crippen molar-refractivity contribution < 1.29 is 0 Å². The number of hydrogen-bond donors (Lipinski definition) is 2. The molecule has 18 heavy (non-hydrogen) atoms. The van der Waals surface area contributed by atoms with Crippen LogP contribution < -0.4 is 10.6 Å². The molecule has 1 aliphatic rings. The highest BCUT2D eigenvalue weighted by molar-refractivity contribution is 6.20. The second-order valence-electron chi connectivity index (χ2n) is 4.69. The minimum Gasteiger partial charge on any atom is -0.381 e. The van der Waals surface area contributed by atoms with Crippen LogP contribution in [0.25, 0.3) is 21.5 Å². The first kappa shape index (κ1) is 9.77. The van der Waals surface area contributed by atoms with Crippen molar-refractivity contribution in [2.75, 3.05) is 23.7 Å². The van der Waals surface area contributed by atoms with Crippen molar-refractivity contribution in [2.45, 2.75) is 0 Å². The molecule has 0 fully saturated rings. The molecular weight excluding hydrogens is 220 g/mol. The Morgan fingerprint density at radius 3 is 1.39 bits per heavy atom. The summed E-state index contributed by atoms with van der Waals surface area (Å²) in [6.07, 6.45) is 0. The smallest absolute Gasteiger partial charge is 0.0662 e. The molecule has 0 atom stereocenters. The van der Waals surface area contributed by atoms with Gasteiger partial charge in [-0.1, -0.05) is 48.5 Å². The van der Waals surface area contributed by atoms with E-state index in [-0.39, 0.29) is 0 Å². The third kappa shape index (κ3) is 1.23. The Bertz CT molecular complexity index is 682. The van der Waals surface area contributed by atoms with Gasteiger partial charge in [0.05, 0.1) is 11.4 Å². The summed E-state index contributed by atoms with van der Waals surface area (Å²) in [4.78, 5) is 0. The number of rotatable bonds is 0. The van der Waals surface area contributed by atoms with Crippen LogP contribution in [0.3, 0.4) is 0 Å². The molecule has 1 heterocycles. The summed E-state index contributed by atoms with van der Waals surface area (Å²) in [7, 11) is 0. The van der Waals surface area contributed by atoms with Crippen LogP contribution in [0.15, 0.2) is 48.5 Å². The lowest BCUT2D eigenvalue weighted by Gasteiger charge is -2.24. The van der Waals surface area contributed by atoms with Gasteiger partial charge < -0.3 is 10.6 Å². The molecule has 0 unspecified atom stereocenters. The van der Waals surface area contributed by atoms with Gasteiger partial charge in [-0.2, -0.15) is 0 Å². The van der Waals surface area contributed by atoms with Crippen molar-refractivity contribution >= 4 is 32.9 Å². The number of hydrogen-bond acceptors (Lipinski definition) is 2. The van der Waals surface area contributed by atoms with E-state index < -0.39 is 0 Å². The van der Waals surface area contributed by atoms with E-state index in [9.17, 15) is 0 Å². The lowest BCUT2D eigenvalue weighted by Crippen LogP contribution is -2.20. The normalized spacial score (nSPS) is 14.0. The van der Waals surface area contributed by atoms with Gasteiger partial charge in [0.2, 0.25) is 0 Å². The fourth-order valence-electron chi connectivity index (χ4n) is 2.88. The first-order valence-electron chi connectivity index (χ1n) is 6.36. The molecule has 0 aliphatic carbocycles. The van der Waals surface area contributed by atoms with Crippen molar-refractivity contribution in [1.82, 2.24) is 0 Å². The van der Waals surface area contributed by atoms with E-state index >= 15 is 0 Å². The minimum absolute atomic E-state index is 0.981. The van der Waals surface area contributed by atoms with Gasteiger partial charge in [-0.3, -0.25) is 0 Å². The molecule has 0 saturated carbocycles. The molecule has 0 bridgehead atoms. The van der Waals surface area contributed by atoms with E-state index in [0.29, 0.717) is 0 Å². The van der Waals surface area contributed by atoms with Crippen molar-refractivity contribution in [3.05, 3.63) is 48.5 Å². The van der Waals surface area contributed by atoms with Gasteiger partial charge in [0.1, 0.15) is 0 Å². The Hall–Kier alpha value is -2.22. The Balaban J connectivity index is 2.28. The fourth-order valence-corrected chi connectivity index (χ4v) is 2.88. The maximum Gasteiger partial charge on any atom is 0.0662 e. The average molecular weight is 234 g/mol. The van der Waals surface area contributed by atoms with E-state index in [1.54, 1.807) is 0 Å². The van der Waals surface area contributed by atoms with Crippen LogP contribution in [0.1, 0.15) is 0 Å². The van der Waals surface area contributed by atoms with Gasteiger partial charge in [-0.05, 0) is 10.8 Å². The van der Waals surface area contributed by atoms with Crippen molar-refractivity contribution in [2.24, 2.45) is 0 Å². The van der Waals surface area contributed by atoms with Crippen LogP contribution in [0, 0.1) is 0 Å². The summed E-state index contributed by atoms with van der Waals surface area (Å²) in [5, 5.41) is 12.3. The third-order valence-electron chi connectivity index (χ3n) is 3.66. The molecule has 3 aromatic rings. The summed E-state index contributed by atoms with van der Waals surface area (Å²) in [6.45, 7) is 1.96. The Kier molecular flexibility index (Phi) is 1.97. The van der Waals surface area contributed by atoms with Gasteiger partial charge in [0, 0.05) is 23.9 Å².